The van der Waals surface area contributed by atoms with Gasteiger partial charge in [0.05, 0.1) is 6.10 Å². The highest BCUT2D eigenvalue weighted by molar-refractivity contribution is 5.36. The van der Waals surface area contributed by atoms with Gasteiger partial charge in [-0.05, 0) is 6.92 Å². The first-order valence-electron chi connectivity index (χ1n) is 3.77. The van der Waals surface area contributed by atoms with Crippen molar-refractivity contribution in [1.82, 2.24) is 15.0 Å². The Kier molecular flexibility index (Phi) is 2.80. The molecule has 0 aliphatic rings. The fraction of sp³-hybridized carbons (Fsp3) is 0.500. The maximum Gasteiger partial charge on any atom is 0.229 e. The number of hydrogen-bond acceptors (Lipinski definition) is 7. The number of nitrogens with one attached hydrogen (secondary N) is 1. The van der Waals surface area contributed by atoms with E-state index in [0.29, 0.717) is 6.54 Å². The number of nitrogen functional groups attached to an aromatic ring is 2. The van der Waals surface area contributed by atoms with E-state index in [4.69, 9.17) is 16.6 Å². The molecule has 0 aromatic carbocycles. The first kappa shape index (κ1) is 9.46. The van der Waals surface area contributed by atoms with E-state index in [1.54, 1.807) is 6.92 Å². The molecule has 0 saturated carbocycles. The second-order valence-electron chi connectivity index (χ2n) is 2.61. The van der Waals surface area contributed by atoms with Gasteiger partial charge in [0.25, 0.3) is 0 Å². The van der Waals surface area contributed by atoms with Crippen LogP contribution >= 0.6 is 0 Å². The van der Waals surface area contributed by atoms with Gasteiger partial charge in [-0.2, -0.15) is 15.0 Å². The van der Waals surface area contributed by atoms with Crippen molar-refractivity contribution in [2.24, 2.45) is 0 Å². The third-order valence-corrected chi connectivity index (χ3v) is 1.23. The highest BCUT2D eigenvalue weighted by Crippen LogP contribution is 2.02. The van der Waals surface area contributed by atoms with E-state index < -0.39 is 6.10 Å². The number of nitrogens with zero attached hydrogens (tertiary/aromatic N) is 3. The molecule has 0 saturated heterocycles. The zero-order valence-corrected chi connectivity index (χ0v) is 7.23. The second kappa shape index (κ2) is 3.85. The largest absolute Gasteiger partial charge is 0.392 e. The van der Waals surface area contributed by atoms with Crippen LogP contribution in [0, 0.1) is 0 Å². The summed E-state index contributed by atoms with van der Waals surface area (Å²) in [4.78, 5) is 11.1. The van der Waals surface area contributed by atoms with Gasteiger partial charge in [-0.3, -0.25) is 0 Å². The summed E-state index contributed by atoms with van der Waals surface area (Å²) >= 11 is 0. The Morgan fingerprint density at radius 2 is 1.85 bits per heavy atom. The molecule has 13 heavy (non-hydrogen) atoms. The fourth-order valence-corrected chi connectivity index (χ4v) is 0.727. The van der Waals surface area contributed by atoms with Crippen molar-refractivity contribution >= 4 is 17.8 Å². The predicted octanol–water partition coefficient (Wildman–Crippen LogP) is -1.17. The summed E-state index contributed by atoms with van der Waals surface area (Å²) < 4.78 is 0. The van der Waals surface area contributed by atoms with Gasteiger partial charge >= 0.3 is 0 Å². The van der Waals surface area contributed by atoms with Crippen molar-refractivity contribution in [1.29, 1.82) is 0 Å². The molecule has 0 aliphatic heterocycles. The van der Waals surface area contributed by atoms with Crippen LogP contribution in [0.4, 0.5) is 17.8 Å². The van der Waals surface area contributed by atoms with Crippen LogP contribution in [0.2, 0.25) is 0 Å². The molecule has 72 valence electrons. The topological polar surface area (TPSA) is 123 Å². The monoisotopic (exact) mass is 184 g/mol. The first-order valence-corrected chi connectivity index (χ1v) is 3.77. The minimum atomic E-state index is -0.487. The Hall–Kier alpha value is -1.63. The molecule has 1 unspecified atom stereocenters. The molecule has 0 radical (unpaired) electrons. The molecule has 6 N–H and O–H groups in total. The molecule has 1 rings (SSSR count). The van der Waals surface area contributed by atoms with E-state index >= 15 is 0 Å². The maximum atomic E-state index is 8.96. The van der Waals surface area contributed by atoms with Gasteiger partial charge in [-0.25, -0.2) is 0 Å². The van der Waals surface area contributed by atoms with Crippen LogP contribution in [-0.2, 0) is 0 Å². The van der Waals surface area contributed by atoms with E-state index in [1.165, 1.54) is 0 Å². The number of rotatable bonds is 3. The summed E-state index contributed by atoms with van der Waals surface area (Å²) in [6.07, 6.45) is -0.487. The maximum absolute atomic E-state index is 8.96. The normalized spacial score (nSPS) is 12.5. The van der Waals surface area contributed by atoms with Crippen molar-refractivity contribution in [3.05, 3.63) is 0 Å². The second-order valence-corrected chi connectivity index (χ2v) is 2.61. The summed E-state index contributed by atoms with van der Waals surface area (Å²) in [6, 6.07) is 0. The van der Waals surface area contributed by atoms with Gasteiger partial charge in [0, 0.05) is 6.54 Å². The van der Waals surface area contributed by atoms with Crippen molar-refractivity contribution < 1.29 is 5.11 Å². The Labute approximate surface area is 75.2 Å². The van der Waals surface area contributed by atoms with Crippen LogP contribution < -0.4 is 16.8 Å². The molecule has 0 fully saturated rings. The molecule has 1 aromatic heterocycles. The molecule has 7 nitrogen and oxygen atoms in total. The lowest BCUT2D eigenvalue weighted by Crippen LogP contribution is -2.18. The predicted molar refractivity (Wildman–Crippen MR) is 48.8 cm³/mol. The third kappa shape index (κ3) is 3.08. The van der Waals surface area contributed by atoms with Crippen LogP contribution in [-0.4, -0.2) is 32.7 Å². The van der Waals surface area contributed by atoms with Gasteiger partial charge in [0.2, 0.25) is 17.8 Å². The lowest BCUT2D eigenvalue weighted by molar-refractivity contribution is 0.208. The zero-order chi connectivity index (χ0) is 9.84. The number of aliphatic hydroxyl groups excluding tert-OH is 1. The quantitative estimate of drug-likeness (QED) is 0.466. The number of aromatic nitrogens is 3. The minimum Gasteiger partial charge on any atom is -0.392 e. The Bertz CT molecular complexity index is 268. The molecule has 1 atom stereocenters. The highest BCUT2D eigenvalue weighted by Gasteiger charge is 2.01. The van der Waals surface area contributed by atoms with Crippen LogP contribution in [0.5, 0.6) is 0 Å². The van der Waals surface area contributed by atoms with E-state index in [1.807, 2.05) is 0 Å². The fourth-order valence-electron chi connectivity index (χ4n) is 0.727. The lowest BCUT2D eigenvalue weighted by atomic mass is 10.4. The van der Waals surface area contributed by atoms with Crippen LogP contribution in [0.1, 0.15) is 6.92 Å². The molecule has 7 heteroatoms. The standard InChI is InChI=1S/C6H12N6O/c1-3(13)2-9-6-11-4(7)10-5(8)12-6/h3,13H,2H2,1H3,(H5,7,8,9,10,11,12). The van der Waals surface area contributed by atoms with Crippen molar-refractivity contribution in [3.63, 3.8) is 0 Å². The SMILES string of the molecule is CC(O)CNc1nc(N)nc(N)n1. The van der Waals surface area contributed by atoms with E-state index in [-0.39, 0.29) is 17.8 Å². The Balaban J connectivity index is 2.66. The molecule has 1 aromatic rings. The molecular weight excluding hydrogens is 172 g/mol. The third-order valence-electron chi connectivity index (χ3n) is 1.23. The van der Waals surface area contributed by atoms with Gasteiger partial charge in [-0.1, -0.05) is 0 Å². The average Bonchev–Trinajstić information content (AvgIpc) is 1.99. The summed E-state index contributed by atoms with van der Waals surface area (Å²) in [7, 11) is 0. The van der Waals surface area contributed by atoms with Gasteiger partial charge < -0.3 is 21.9 Å². The van der Waals surface area contributed by atoms with Crippen molar-refractivity contribution in [2.45, 2.75) is 13.0 Å². The molecular formula is C6H12N6O. The lowest BCUT2D eigenvalue weighted by Gasteiger charge is -2.06. The number of nitrogens with two attached hydrogens (primary N) is 2. The summed E-state index contributed by atoms with van der Waals surface area (Å²) in [6.45, 7) is 1.98. The van der Waals surface area contributed by atoms with Crippen molar-refractivity contribution in [3.8, 4) is 0 Å². The van der Waals surface area contributed by atoms with Gasteiger partial charge in [0.1, 0.15) is 0 Å². The van der Waals surface area contributed by atoms with E-state index in [0.717, 1.165) is 0 Å². The minimum absolute atomic E-state index is 0.0561. The summed E-state index contributed by atoms with van der Waals surface area (Å²) in [5.74, 6) is 0.382. The smallest absolute Gasteiger partial charge is 0.229 e. The average molecular weight is 184 g/mol. The van der Waals surface area contributed by atoms with Gasteiger partial charge in [0.15, 0.2) is 0 Å². The van der Waals surface area contributed by atoms with Crippen LogP contribution in [0.3, 0.4) is 0 Å². The molecule has 1 heterocycles. The van der Waals surface area contributed by atoms with E-state index in [9.17, 15) is 0 Å². The Morgan fingerprint density at radius 1 is 1.31 bits per heavy atom. The van der Waals surface area contributed by atoms with Crippen LogP contribution in [0.25, 0.3) is 0 Å². The Morgan fingerprint density at radius 3 is 2.31 bits per heavy atom. The number of anilines is 3. The number of aliphatic hydroxyl groups is 1. The molecule has 0 bridgehead atoms. The highest BCUT2D eigenvalue weighted by atomic mass is 16.3. The molecule has 0 amide bonds. The summed E-state index contributed by atoms with van der Waals surface area (Å²) in [5.41, 5.74) is 10.6. The number of hydrogen-bond donors (Lipinski definition) is 4. The van der Waals surface area contributed by atoms with Crippen molar-refractivity contribution in [2.75, 3.05) is 23.3 Å². The van der Waals surface area contributed by atoms with Gasteiger partial charge in [-0.15, -0.1) is 0 Å². The zero-order valence-electron chi connectivity index (χ0n) is 7.23. The molecule has 0 spiro atoms. The summed E-state index contributed by atoms with van der Waals surface area (Å²) in [5, 5.41) is 11.7. The first-order chi connectivity index (χ1) is 6.08. The molecule has 0 aliphatic carbocycles. The van der Waals surface area contributed by atoms with Crippen LogP contribution in [0.15, 0.2) is 0 Å². The van der Waals surface area contributed by atoms with E-state index in [2.05, 4.69) is 20.3 Å².